The van der Waals surface area contributed by atoms with Crippen molar-refractivity contribution in [3.8, 4) is 17.4 Å². The minimum Gasteiger partial charge on any atom is -0.497 e. The zero-order valence-corrected chi connectivity index (χ0v) is 20.1. The van der Waals surface area contributed by atoms with Crippen LogP contribution in [0.4, 0.5) is 0 Å². The van der Waals surface area contributed by atoms with Crippen LogP contribution in [0.1, 0.15) is 26.5 Å². The van der Waals surface area contributed by atoms with Gasteiger partial charge in [0.15, 0.2) is 5.65 Å². The van der Waals surface area contributed by atoms with Gasteiger partial charge in [-0.1, -0.05) is 18.2 Å². The normalized spacial score (nSPS) is 10.9. The van der Waals surface area contributed by atoms with Gasteiger partial charge in [-0.15, -0.1) is 11.3 Å². The second-order valence-electron chi connectivity index (χ2n) is 7.90. The third kappa shape index (κ3) is 5.15. The number of amides is 1. The van der Waals surface area contributed by atoms with E-state index in [1.54, 1.807) is 49.0 Å². The Hall–Kier alpha value is -4.24. The van der Waals surface area contributed by atoms with Gasteiger partial charge in [-0.2, -0.15) is 5.10 Å². The Morgan fingerprint density at radius 3 is 2.74 bits per heavy atom. The van der Waals surface area contributed by atoms with Crippen molar-refractivity contribution in [2.24, 2.45) is 0 Å². The average molecular weight is 486 g/mol. The number of carbonyl (C=O) groups is 1. The molecule has 0 spiro atoms. The Kier molecular flexibility index (Phi) is 6.40. The first-order valence-electron chi connectivity index (χ1n) is 11.0. The molecule has 0 saturated carbocycles. The van der Waals surface area contributed by atoms with Gasteiger partial charge in [0.1, 0.15) is 11.5 Å². The van der Waals surface area contributed by atoms with Crippen LogP contribution in [0, 0.1) is 6.92 Å². The lowest BCUT2D eigenvalue weighted by Gasteiger charge is -2.09. The minimum absolute atomic E-state index is 0.187. The van der Waals surface area contributed by atoms with Gasteiger partial charge in [-0.25, -0.2) is 14.6 Å². The van der Waals surface area contributed by atoms with Gasteiger partial charge in [0.05, 0.1) is 30.8 Å². The molecule has 0 bridgehead atoms. The number of methoxy groups -OCH3 is 1. The number of rotatable bonds is 8. The van der Waals surface area contributed by atoms with Crippen LogP contribution in [0.3, 0.4) is 0 Å². The molecule has 0 aliphatic heterocycles. The van der Waals surface area contributed by atoms with Crippen LogP contribution in [0.25, 0.3) is 11.0 Å². The van der Waals surface area contributed by atoms with Crippen molar-refractivity contribution in [2.45, 2.75) is 20.0 Å². The SMILES string of the molecule is COc1cccc(Oc2ccc(CNC(=O)c3cc(C)nc4c3cnn4Cc3cccs3)cn2)c1. The van der Waals surface area contributed by atoms with Crippen molar-refractivity contribution in [1.29, 1.82) is 0 Å². The molecule has 0 atom stereocenters. The number of ether oxygens (including phenoxy) is 2. The van der Waals surface area contributed by atoms with Crippen molar-refractivity contribution in [1.82, 2.24) is 25.1 Å². The molecule has 1 N–H and O–H groups in total. The maximum Gasteiger partial charge on any atom is 0.252 e. The summed E-state index contributed by atoms with van der Waals surface area (Å²) in [5.41, 5.74) is 2.86. The molecule has 8 nitrogen and oxygen atoms in total. The third-order valence-electron chi connectivity index (χ3n) is 5.38. The van der Waals surface area contributed by atoms with E-state index in [0.29, 0.717) is 41.7 Å². The number of hydrogen-bond donors (Lipinski definition) is 1. The van der Waals surface area contributed by atoms with E-state index in [9.17, 15) is 4.79 Å². The number of nitrogens with one attached hydrogen (secondary N) is 1. The van der Waals surface area contributed by atoms with Gasteiger partial charge >= 0.3 is 0 Å². The van der Waals surface area contributed by atoms with Gasteiger partial charge < -0.3 is 14.8 Å². The molecule has 0 radical (unpaired) electrons. The van der Waals surface area contributed by atoms with E-state index in [2.05, 4.69) is 26.4 Å². The molecule has 9 heteroatoms. The second-order valence-corrected chi connectivity index (χ2v) is 8.93. The fourth-order valence-corrected chi connectivity index (χ4v) is 4.35. The van der Waals surface area contributed by atoms with Crippen molar-refractivity contribution >= 4 is 28.3 Å². The van der Waals surface area contributed by atoms with E-state index in [0.717, 1.165) is 16.6 Å². The zero-order valence-electron chi connectivity index (χ0n) is 19.3. The Balaban J connectivity index is 1.27. The summed E-state index contributed by atoms with van der Waals surface area (Å²) in [4.78, 5) is 23.2. The predicted molar refractivity (Wildman–Crippen MR) is 134 cm³/mol. The summed E-state index contributed by atoms with van der Waals surface area (Å²) in [6, 6.07) is 16.8. The molecule has 0 aliphatic rings. The van der Waals surface area contributed by atoms with Crippen molar-refractivity contribution in [3.05, 3.63) is 94.1 Å². The molecule has 5 aromatic rings. The average Bonchev–Trinajstić information content (AvgIpc) is 3.53. The highest BCUT2D eigenvalue weighted by atomic mass is 32.1. The van der Waals surface area contributed by atoms with E-state index in [1.807, 2.05) is 47.3 Å². The smallest absolute Gasteiger partial charge is 0.252 e. The zero-order chi connectivity index (χ0) is 24.2. The number of pyridine rings is 2. The molecule has 4 aromatic heterocycles. The Bertz CT molecular complexity index is 1460. The largest absolute Gasteiger partial charge is 0.497 e. The third-order valence-corrected chi connectivity index (χ3v) is 6.24. The summed E-state index contributed by atoms with van der Waals surface area (Å²) in [7, 11) is 1.61. The van der Waals surface area contributed by atoms with Crippen molar-refractivity contribution in [3.63, 3.8) is 0 Å². The van der Waals surface area contributed by atoms with Gasteiger partial charge in [0, 0.05) is 35.4 Å². The number of aromatic nitrogens is 4. The summed E-state index contributed by atoms with van der Waals surface area (Å²) < 4.78 is 12.8. The first kappa shape index (κ1) is 22.5. The monoisotopic (exact) mass is 485 g/mol. The first-order chi connectivity index (χ1) is 17.1. The maximum absolute atomic E-state index is 13.0. The van der Waals surface area contributed by atoms with Crippen LogP contribution in [-0.2, 0) is 13.1 Å². The summed E-state index contributed by atoms with van der Waals surface area (Å²) in [6.07, 6.45) is 3.39. The van der Waals surface area contributed by atoms with Crippen LogP contribution < -0.4 is 14.8 Å². The Labute approximate surface area is 206 Å². The molecule has 1 aromatic carbocycles. The molecular formula is C26H23N5O3S. The van der Waals surface area contributed by atoms with Gasteiger partial charge in [0.2, 0.25) is 5.88 Å². The van der Waals surface area contributed by atoms with E-state index in [4.69, 9.17) is 9.47 Å². The van der Waals surface area contributed by atoms with Crippen LogP contribution in [0.15, 0.2) is 72.4 Å². The standard InChI is InChI=1S/C26H23N5O3S/c1-17-11-22(23-15-29-31(25(23)30-17)16-21-7-4-10-35-21)26(32)28-14-18-8-9-24(27-13-18)34-20-6-3-5-19(12-20)33-2/h3-13,15H,14,16H2,1-2H3,(H,28,32). The lowest BCUT2D eigenvalue weighted by Crippen LogP contribution is -2.23. The fraction of sp³-hybridized carbons (Fsp3) is 0.154. The Morgan fingerprint density at radius 2 is 1.97 bits per heavy atom. The molecule has 1 amide bonds. The lowest BCUT2D eigenvalue weighted by atomic mass is 10.1. The lowest BCUT2D eigenvalue weighted by molar-refractivity contribution is 0.0952. The quantitative estimate of drug-likeness (QED) is 0.334. The summed E-state index contributed by atoms with van der Waals surface area (Å²) >= 11 is 1.66. The maximum atomic E-state index is 13.0. The highest BCUT2D eigenvalue weighted by Gasteiger charge is 2.16. The number of fused-ring (bicyclic) bond motifs is 1. The highest BCUT2D eigenvalue weighted by Crippen LogP contribution is 2.24. The number of carbonyl (C=O) groups excluding carboxylic acids is 1. The topological polar surface area (TPSA) is 91.2 Å². The van der Waals surface area contributed by atoms with Gasteiger partial charge in [-0.3, -0.25) is 4.79 Å². The van der Waals surface area contributed by atoms with Gasteiger partial charge in [0.25, 0.3) is 5.91 Å². The van der Waals surface area contributed by atoms with Gasteiger partial charge in [-0.05, 0) is 42.1 Å². The van der Waals surface area contributed by atoms with Crippen LogP contribution >= 0.6 is 11.3 Å². The minimum atomic E-state index is -0.187. The van der Waals surface area contributed by atoms with E-state index in [1.165, 1.54) is 4.88 Å². The molecule has 5 rings (SSSR count). The Morgan fingerprint density at radius 1 is 1.09 bits per heavy atom. The molecule has 0 aliphatic carbocycles. The summed E-state index contributed by atoms with van der Waals surface area (Å²) in [5, 5.41) is 10.2. The molecule has 0 saturated heterocycles. The van der Waals surface area contributed by atoms with Crippen molar-refractivity contribution < 1.29 is 14.3 Å². The molecular weight excluding hydrogens is 462 g/mol. The number of benzene rings is 1. The first-order valence-corrected chi connectivity index (χ1v) is 11.9. The predicted octanol–water partition coefficient (Wildman–Crippen LogP) is 4.98. The molecule has 0 unspecified atom stereocenters. The number of thiophene rings is 1. The van der Waals surface area contributed by atoms with Crippen molar-refractivity contribution in [2.75, 3.05) is 7.11 Å². The fourth-order valence-electron chi connectivity index (χ4n) is 3.67. The summed E-state index contributed by atoms with van der Waals surface area (Å²) in [6.45, 7) is 2.83. The summed E-state index contributed by atoms with van der Waals surface area (Å²) in [5.74, 6) is 1.61. The van der Waals surface area contributed by atoms with E-state index < -0.39 is 0 Å². The highest BCUT2D eigenvalue weighted by molar-refractivity contribution is 7.09. The number of aryl methyl sites for hydroxylation is 1. The van der Waals surface area contributed by atoms with Crippen LogP contribution in [-0.4, -0.2) is 32.8 Å². The molecule has 176 valence electrons. The molecule has 4 heterocycles. The van der Waals surface area contributed by atoms with Crippen LogP contribution in [0.5, 0.6) is 17.4 Å². The van der Waals surface area contributed by atoms with Crippen LogP contribution in [0.2, 0.25) is 0 Å². The van der Waals surface area contributed by atoms with E-state index >= 15 is 0 Å². The number of hydrogen-bond acceptors (Lipinski definition) is 7. The molecule has 35 heavy (non-hydrogen) atoms. The van der Waals surface area contributed by atoms with E-state index in [-0.39, 0.29) is 5.91 Å². The number of nitrogens with zero attached hydrogens (tertiary/aromatic N) is 4. The second kappa shape index (κ2) is 9.94. The molecule has 0 fully saturated rings.